The van der Waals surface area contributed by atoms with Crippen molar-refractivity contribution in [2.45, 2.75) is 52.0 Å². The highest BCUT2D eigenvalue weighted by Gasteiger charge is 2.29. The first kappa shape index (κ1) is 15.3. The summed E-state index contributed by atoms with van der Waals surface area (Å²) in [4.78, 5) is 4.36. The van der Waals surface area contributed by atoms with Gasteiger partial charge in [-0.1, -0.05) is 39.2 Å². The Balaban J connectivity index is 2.14. The fraction of sp³-hybridized carbons (Fsp3) is 0.706. The molecule has 3 nitrogen and oxygen atoms in total. The summed E-state index contributed by atoms with van der Waals surface area (Å²) in [5.74, 6) is 2.41. The SMILES string of the molecule is CCNC(c1cccnc1OC)C1CCC(CC)CC1. The van der Waals surface area contributed by atoms with Gasteiger partial charge in [-0.25, -0.2) is 4.98 Å². The molecule has 1 aromatic heterocycles. The van der Waals surface area contributed by atoms with Gasteiger partial charge in [0.2, 0.25) is 5.88 Å². The van der Waals surface area contributed by atoms with E-state index in [0.29, 0.717) is 12.0 Å². The van der Waals surface area contributed by atoms with E-state index in [-0.39, 0.29) is 0 Å². The molecule has 1 heterocycles. The molecule has 1 aromatic rings. The van der Waals surface area contributed by atoms with Gasteiger partial charge in [0.25, 0.3) is 0 Å². The highest BCUT2D eigenvalue weighted by atomic mass is 16.5. The van der Waals surface area contributed by atoms with Crippen LogP contribution in [0.15, 0.2) is 18.3 Å². The number of hydrogen-bond donors (Lipinski definition) is 1. The maximum Gasteiger partial charge on any atom is 0.217 e. The lowest BCUT2D eigenvalue weighted by molar-refractivity contribution is 0.216. The Morgan fingerprint density at radius 2 is 2.05 bits per heavy atom. The minimum Gasteiger partial charge on any atom is -0.481 e. The van der Waals surface area contributed by atoms with Crippen molar-refractivity contribution in [2.24, 2.45) is 11.8 Å². The number of aromatic nitrogens is 1. The van der Waals surface area contributed by atoms with Gasteiger partial charge < -0.3 is 10.1 Å². The van der Waals surface area contributed by atoms with E-state index < -0.39 is 0 Å². The molecule has 1 saturated carbocycles. The van der Waals surface area contributed by atoms with Gasteiger partial charge in [0.1, 0.15) is 0 Å². The van der Waals surface area contributed by atoms with Crippen LogP contribution in [0, 0.1) is 11.8 Å². The van der Waals surface area contributed by atoms with Gasteiger partial charge >= 0.3 is 0 Å². The number of hydrogen-bond acceptors (Lipinski definition) is 3. The second-order valence-corrected chi connectivity index (χ2v) is 5.83. The number of methoxy groups -OCH3 is 1. The van der Waals surface area contributed by atoms with Gasteiger partial charge in [-0.05, 0) is 37.3 Å². The zero-order valence-corrected chi connectivity index (χ0v) is 13.1. The molecule has 0 spiro atoms. The molecule has 0 aromatic carbocycles. The third kappa shape index (κ3) is 3.51. The highest BCUT2D eigenvalue weighted by Crippen LogP contribution is 2.39. The summed E-state index contributed by atoms with van der Waals surface area (Å²) in [6, 6.07) is 4.55. The lowest BCUT2D eigenvalue weighted by Gasteiger charge is -2.34. The van der Waals surface area contributed by atoms with E-state index >= 15 is 0 Å². The summed E-state index contributed by atoms with van der Waals surface area (Å²) in [7, 11) is 1.71. The Labute approximate surface area is 123 Å². The molecule has 1 unspecified atom stereocenters. The lowest BCUT2D eigenvalue weighted by atomic mass is 9.76. The first-order valence-corrected chi connectivity index (χ1v) is 8.02. The van der Waals surface area contributed by atoms with E-state index in [1.165, 1.54) is 37.7 Å². The van der Waals surface area contributed by atoms with Crippen LogP contribution in [0.4, 0.5) is 0 Å². The summed E-state index contributed by atoms with van der Waals surface area (Å²) in [6.45, 7) is 5.47. The molecule has 0 radical (unpaired) electrons. The van der Waals surface area contributed by atoms with Gasteiger partial charge in [-0.15, -0.1) is 0 Å². The Morgan fingerprint density at radius 3 is 2.65 bits per heavy atom. The molecular formula is C17H28N2O. The standard InChI is InChI=1S/C17H28N2O/c1-4-13-8-10-14(11-9-13)16(18-5-2)15-7-6-12-19-17(15)20-3/h6-7,12-14,16,18H,4-5,8-11H2,1-3H3. The van der Waals surface area contributed by atoms with E-state index in [2.05, 4.69) is 30.2 Å². The quantitative estimate of drug-likeness (QED) is 0.854. The van der Waals surface area contributed by atoms with E-state index in [9.17, 15) is 0 Å². The van der Waals surface area contributed by atoms with Crippen LogP contribution in [-0.2, 0) is 0 Å². The fourth-order valence-corrected chi connectivity index (χ4v) is 3.49. The van der Waals surface area contributed by atoms with Gasteiger partial charge in [0.15, 0.2) is 0 Å². The van der Waals surface area contributed by atoms with Crippen molar-refractivity contribution in [3.63, 3.8) is 0 Å². The van der Waals surface area contributed by atoms with E-state index in [0.717, 1.165) is 18.3 Å². The monoisotopic (exact) mass is 276 g/mol. The molecule has 112 valence electrons. The number of ether oxygens (including phenoxy) is 1. The van der Waals surface area contributed by atoms with Crippen molar-refractivity contribution in [2.75, 3.05) is 13.7 Å². The van der Waals surface area contributed by atoms with E-state index in [4.69, 9.17) is 4.74 Å². The Hall–Kier alpha value is -1.09. The molecule has 0 amide bonds. The Bertz CT molecular complexity index is 400. The van der Waals surface area contributed by atoms with Crippen molar-refractivity contribution in [3.8, 4) is 5.88 Å². The topological polar surface area (TPSA) is 34.2 Å². The molecule has 2 rings (SSSR count). The van der Waals surface area contributed by atoms with Crippen molar-refractivity contribution >= 4 is 0 Å². The second-order valence-electron chi connectivity index (χ2n) is 5.83. The number of nitrogens with zero attached hydrogens (tertiary/aromatic N) is 1. The molecule has 1 aliphatic rings. The summed E-state index contributed by atoms with van der Waals surface area (Å²) in [5.41, 5.74) is 1.22. The van der Waals surface area contributed by atoms with Crippen molar-refractivity contribution in [1.29, 1.82) is 0 Å². The fourth-order valence-electron chi connectivity index (χ4n) is 3.49. The van der Waals surface area contributed by atoms with Crippen LogP contribution in [0.2, 0.25) is 0 Å². The normalized spacial score (nSPS) is 24.4. The van der Waals surface area contributed by atoms with Gasteiger partial charge in [0.05, 0.1) is 7.11 Å². The first-order chi connectivity index (χ1) is 9.80. The van der Waals surface area contributed by atoms with Crippen LogP contribution in [0.1, 0.15) is 57.6 Å². The summed E-state index contributed by atoms with van der Waals surface area (Å²) in [6.07, 6.45) is 8.49. The maximum absolute atomic E-state index is 5.45. The number of rotatable bonds is 6. The van der Waals surface area contributed by atoms with Gasteiger partial charge in [-0.3, -0.25) is 0 Å². The minimum absolute atomic E-state index is 0.376. The third-order valence-electron chi connectivity index (χ3n) is 4.69. The van der Waals surface area contributed by atoms with Gasteiger partial charge in [-0.2, -0.15) is 0 Å². The molecule has 1 aliphatic carbocycles. The summed E-state index contributed by atoms with van der Waals surface area (Å²) < 4.78 is 5.45. The molecule has 1 atom stereocenters. The Kier molecular flexibility index (Phi) is 5.84. The largest absolute Gasteiger partial charge is 0.481 e. The van der Waals surface area contributed by atoms with Crippen LogP contribution in [0.5, 0.6) is 5.88 Å². The van der Waals surface area contributed by atoms with E-state index in [1.807, 2.05) is 6.07 Å². The minimum atomic E-state index is 0.376. The first-order valence-electron chi connectivity index (χ1n) is 8.02. The van der Waals surface area contributed by atoms with Crippen molar-refractivity contribution in [1.82, 2.24) is 10.3 Å². The zero-order valence-electron chi connectivity index (χ0n) is 13.1. The van der Waals surface area contributed by atoms with E-state index in [1.54, 1.807) is 13.3 Å². The molecule has 20 heavy (non-hydrogen) atoms. The second kappa shape index (κ2) is 7.63. The number of nitrogens with one attached hydrogen (secondary N) is 1. The predicted octanol–water partition coefficient (Wildman–Crippen LogP) is 3.96. The molecule has 0 saturated heterocycles. The van der Waals surface area contributed by atoms with Gasteiger partial charge in [0, 0.05) is 17.8 Å². The zero-order chi connectivity index (χ0) is 14.4. The molecule has 1 N–H and O–H groups in total. The molecule has 3 heteroatoms. The van der Waals surface area contributed by atoms with Crippen molar-refractivity contribution < 1.29 is 4.74 Å². The average Bonchev–Trinajstić information content (AvgIpc) is 2.53. The number of pyridine rings is 1. The van der Waals surface area contributed by atoms with Crippen LogP contribution in [-0.4, -0.2) is 18.6 Å². The lowest BCUT2D eigenvalue weighted by Crippen LogP contribution is -2.31. The average molecular weight is 276 g/mol. The smallest absolute Gasteiger partial charge is 0.217 e. The van der Waals surface area contributed by atoms with Crippen LogP contribution in [0.25, 0.3) is 0 Å². The predicted molar refractivity (Wildman–Crippen MR) is 82.9 cm³/mol. The summed E-state index contributed by atoms with van der Waals surface area (Å²) in [5, 5.41) is 3.66. The molecular weight excluding hydrogens is 248 g/mol. The maximum atomic E-state index is 5.45. The highest BCUT2D eigenvalue weighted by molar-refractivity contribution is 5.29. The molecule has 0 bridgehead atoms. The Morgan fingerprint density at radius 1 is 1.30 bits per heavy atom. The molecule has 0 aliphatic heterocycles. The van der Waals surface area contributed by atoms with Crippen LogP contribution in [0.3, 0.4) is 0 Å². The van der Waals surface area contributed by atoms with Crippen molar-refractivity contribution in [3.05, 3.63) is 23.9 Å². The van der Waals surface area contributed by atoms with Crippen LogP contribution < -0.4 is 10.1 Å². The summed E-state index contributed by atoms with van der Waals surface area (Å²) >= 11 is 0. The third-order valence-corrected chi connectivity index (χ3v) is 4.69. The molecule has 1 fully saturated rings. The van der Waals surface area contributed by atoms with Crippen LogP contribution >= 0.6 is 0 Å².